The van der Waals surface area contributed by atoms with Crippen LogP contribution in [0.3, 0.4) is 0 Å². The molecule has 0 fully saturated rings. The van der Waals surface area contributed by atoms with Crippen molar-refractivity contribution in [1.29, 1.82) is 0 Å². The van der Waals surface area contributed by atoms with Gasteiger partial charge in [-0.1, -0.05) is 164 Å². The standard InChI is InChI=1S/C60H45N3/c1-7-20-49(21-8-1)61(50-22-9-2-10-23-50)55-40-34-46(35-41-55)58-32-19-33-59(47-36-42-56(43-37-47)62(51-24-11-3-12-25-51)52-26-13-4-14-27-52)60(58)48-38-44-57(45-39-48)63(53-28-15-5-16-29-53)54-30-17-6-18-31-54/h1-45H. The summed E-state index contributed by atoms with van der Waals surface area (Å²) < 4.78 is 0. The van der Waals surface area contributed by atoms with E-state index in [-0.39, 0.29) is 0 Å². The van der Waals surface area contributed by atoms with E-state index < -0.39 is 0 Å². The maximum Gasteiger partial charge on any atom is 0.0462 e. The summed E-state index contributed by atoms with van der Waals surface area (Å²) >= 11 is 0. The molecule has 0 amide bonds. The van der Waals surface area contributed by atoms with Gasteiger partial charge in [-0.05, 0) is 143 Å². The Morgan fingerprint density at radius 2 is 0.365 bits per heavy atom. The molecule has 10 rings (SSSR count). The van der Waals surface area contributed by atoms with Crippen molar-refractivity contribution >= 4 is 51.2 Å². The van der Waals surface area contributed by atoms with Gasteiger partial charge in [0.15, 0.2) is 0 Å². The van der Waals surface area contributed by atoms with Crippen LogP contribution in [0.25, 0.3) is 33.4 Å². The highest BCUT2D eigenvalue weighted by molar-refractivity contribution is 5.96. The molecule has 0 heterocycles. The van der Waals surface area contributed by atoms with Crippen molar-refractivity contribution in [2.75, 3.05) is 14.7 Å². The van der Waals surface area contributed by atoms with Gasteiger partial charge in [0.1, 0.15) is 0 Å². The molecular weight excluding hydrogens is 763 g/mol. The average molecular weight is 808 g/mol. The van der Waals surface area contributed by atoms with Gasteiger partial charge in [0.2, 0.25) is 0 Å². The van der Waals surface area contributed by atoms with Gasteiger partial charge < -0.3 is 14.7 Å². The van der Waals surface area contributed by atoms with E-state index in [1.807, 2.05) is 0 Å². The fourth-order valence-corrected chi connectivity index (χ4v) is 8.51. The summed E-state index contributed by atoms with van der Waals surface area (Å²) in [4.78, 5) is 6.92. The van der Waals surface area contributed by atoms with Crippen LogP contribution in [0.4, 0.5) is 51.2 Å². The average Bonchev–Trinajstić information content (AvgIpc) is 3.37. The van der Waals surface area contributed by atoms with Crippen molar-refractivity contribution in [2.24, 2.45) is 0 Å². The molecule has 0 aliphatic heterocycles. The molecule has 0 saturated heterocycles. The Bertz CT molecular complexity index is 2730. The lowest BCUT2D eigenvalue weighted by Gasteiger charge is -2.26. The summed E-state index contributed by atoms with van der Waals surface area (Å²) in [6.45, 7) is 0. The summed E-state index contributed by atoms with van der Waals surface area (Å²) in [5, 5.41) is 0. The van der Waals surface area contributed by atoms with Gasteiger partial charge in [0.05, 0.1) is 0 Å². The lowest BCUT2D eigenvalue weighted by atomic mass is 9.87. The third-order valence-corrected chi connectivity index (χ3v) is 11.4. The SMILES string of the molecule is c1ccc(N(c2ccccc2)c2ccc(-c3cccc(-c4ccc(N(c5ccccc5)c5ccccc5)cc4)c3-c3ccc(N(c4ccccc4)c4ccccc4)cc3)cc2)cc1. The number of hydrogen-bond donors (Lipinski definition) is 0. The fourth-order valence-electron chi connectivity index (χ4n) is 8.51. The van der Waals surface area contributed by atoms with E-state index >= 15 is 0 Å². The third kappa shape index (κ3) is 8.24. The van der Waals surface area contributed by atoms with E-state index in [9.17, 15) is 0 Å². The van der Waals surface area contributed by atoms with Gasteiger partial charge in [-0.2, -0.15) is 0 Å². The summed E-state index contributed by atoms with van der Waals surface area (Å²) in [5.41, 5.74) is 16.9. The molecule has 63 heavy (non-hydrogen) atoms. The summed E-state index contributed by atoms with van der Waals surface area (Å²) in [6.07, 6.45) is 0. The highest BCUT2D eigenvalue weighted by Crippen LogP contribution is 2.44. The van der Waals surface area contributed by atoms with Crippen molar-refractivity contribution in [3.05, 3.63) is 273 Å². The number of rotatable bonds is 12. The van der Waals surface area contributed by atoms with Crippen LogP contribution in [0.15, 0.2) is 273 Å². The predicted molar refractivity (Wildman–Crippen MR) is 267 cm³/mol. The van der Waals surface area contributed by atoms with Crippen LogP contribution >= 0.6 is 0 Å². The quantitative estimate of drug-likeness (QED) is 0.122. The zero-order valence-corrected chi connectivity index (χ0v) is 34.8. The number of benzene rings is 10. The van der Waals surface area contributed by atoms with Gasteiger partial charge in [-0.25, -0.2) is 0 Å². The van der Waals surface area contributed by atoms with Gasteiger partial charge >= 0.3 is 0 Å². The Labute approximate surface area is 370 Å². The molecule has 0 radical (unpaired) electrons. The first-order chi connectivity index (χ1) is 31.3. The molecular formula is C60H45N3. The summed E-state index contributed by atoms with van der Waals surface area (Å²) in [6, 6.07) is 97.2. The molecule has 0 saturated carbocycles. The minimum atomic E-state index is 1.09. The molecule has 10 aromatic rings. The van der Waals surface area contributed by atoms with E-state index in [0.29, 0.717) is 0 Å². The van der Waals surface area contributed by atoms with Crippen LogP contribution in [0.5, 0.6) is 0 Å². The molecule has 0 aromatic heterocycles. The summed E-state index contributed by atoms with van der Waals surface area (Å²) in [5.74, 6) is 0. The van der Waals surface area contributed by atoms with Gasteiger partial charge in [-0.3, -0.25) is 0 Å². The second-order valence-corrected chi connectivity index (χ2v) is 15.4. The predicted octanol–water partition coefficient (Wildman–Crippen LogP) is 17.1. The molecule has 3 heteroatoms. The number of nitrogens with zero attached hydrogens (tertiary/aromatic N) is 3. The normalized spacial score (nSPS) is 10.9. The molecule has 0 spiro atoms. The number of hydrogen-bond acceptors (Lipinski definition) is 3. The van der Waals surface area contributed by atoms with E-state index in [1.165, 1.54) is 16.7 Å². The zero-order chi connectivity index (χ0) is 42.2. The molecule has 3 nitrogen and oxygen atoms in total. The first-order valence-electron chi connectivity index (χ1n) is 21.4. The second kappa shape index (κ2) is 18.1. The fraction of sp³-hybridized carbons (Fsp3) is 0. The van der Waals surface area contributed by atoms with Crippen LogP contribution in [-0.2, 0) is 0 Å². The first-order valence-corrected chi connectivity index (χ1v) is 21.4. The number of para-hydroxylation sites is 6. The summed E-state index contributed by atoms with van der Waals surface area (Å²) in [7, 11) is 0. The van der Waals surface area contributed by atoms with Crippen molar-refractivity contribution in [3.8, 4) is 33.4 Å². The Hall–Kier alpha value is -8.40. The topological polar surface area (TPSA) is 9.72 Å². The highest BCUT2D eigenvalue weighted by Gasteiger charge is 2.19. The van der Waals surface area contributed by atoms with Crippen LogP contribution in [0, 0.1) is 0 Å². The van der Waals surface area contributed by atoms with Gasteiger partial charge in [-0.15, -0.1) is 0 Å². The Kier molecular flexibility index (Phi) is 11.1. The van der Waals surface area contributed by atoms with Crippen molar-refractivity contribution < 1.29 is 0 Å². The third-order valence-electron chi connectivity index (χ3n) is 11.4. The second-order valence-electron chi connectivity index (χ2n) is 15.4. The molecule has 0 N–H and O–H groups in total. The Morgan fingerprint density at radius 1 is 0.159 bits per heavy atom. The lowest BCUT2D eigenvalue weighted by Crippen LogP contribution is -2.09. The molecule has 0 aliphatic rings. The van der Waals surface area contributed by atoms with Crippen molar-refractivity contribution in [1.82, 2.24) is 0 Å². The molecule has 0 bridgehead atoms. The molecule has 10 aromatic carbocycles. The van der Waals surface area contributed by atoms with Crippen LogP contribution in [0.2, 0.25) is 0 Å². The van der Waals surface area contributed by atoms with Crippen molar-refractivity contribution in [3.63, 3.8) is 0 Å². The highest BCUT2D eigenvalue weighted by atomic mass is 15.2. The largest absolute Gasteiger partial charge is 0.311 e. The molecule has 0 unspecified atom stereocenters. The number of anilines is 9. The monoisotopic (exact) mass is 807 g/mol. The van der Waals surface area contributed by atoms with Gasteiger partial charge in [0.25, 0.3) is 0 Å². The van der Waals surface area contributed by atoms with E-state index in [2.05, 4.69) is 288 Å². The molecule has 0 aliphatic carbocycles. The van der Waals surface area contributed by atoms with Crippen LogP contribution in [0.1, 0.15) is 0 Å². The van der Waals surface area contributed by atoms with Crippen LogP contribution < -0.4 is 14.7 Å². The maximum atomic E-state index is 2.31. The first kappa shape index (κ1) is 38.8. The minimum absolute atomic E-state index is 1.09. The lowest BCUT2D eigenvalue weighted by molar-refractivity contribution is 1.28. The Morgan fingerprint density at radius 3 is 0.603 bits per heavy atom. The van der Waals surface area contributed by atoms with Gasteiger partial charge in [0, 0.05) is 51.2 Å². The van der Waals surface area contributed by atoms with E-state index in [1.54, 1.807) is 0 Å². The molecule has 0 atom stereocenters. The zero-order valence-electron chi connectivity index (χ0n) is 34.8. The maximum absolute atomic E-state index is 2.31. The van der Waals surface area contributed by atoms with Crippen LogP contribution in [-0.4, -0.2) is 0 Å². The molecule has 300 valence electrons. The van der Waals surface area contributed by atoms with Crippen molar-refractivity contribution in [2.45, 2.75) is 0 Å². The minimum Gasteiger partial charge on any atom is -0.311 e. The Balaban J connectivity index is 1.09. The van der Waals surface area contributed by atoms with E-state index in [0.717, 1.165) is 67.9 Å². The van der Waals surface area contributed by atoms with E-state index in [4.69, 9.17) is 0 Å². The smallest absolute Gasteiger partial charge is 0.0462 e.